The van der Waals surface area contributed by atoms with E-state index in [9.17, 15) is 9.90 Å². The van der Waals surface area contributed by atoms with Crippen LogP contribution in [0.5, 0.6) is 0 Å². The number of aryl methyl sites for hydroxylation is 2. The molecule has 0 radical (unpaired) electrons. The summed E-state index contributed by atoms with van der Waals surface area (Å²) in [4.78, 5) is 15.6. The lowest BCUT2D eigenvalue weighted by atomic mass is 9.93. The van der Waals surface area contributed by atoms with E-state index in [1.165, 1.54) is 22.1 Å². The molecular weight excluding hydrogens is 348 g/mol. The molecule has 4 heteroatoms. The van der Waals surface area contributed by atoms with Crippen LogP contribution < -0.4 is 5.32 Å². The summed E-state index contributed by atoms with van der Waals surface area (Å²) in [5.41, 5.74) is 7.48. The smallest absolute Gasteiger partial charge is 0.247 e. The largest absolute Gasteiger partial charge is 0.394 e. The average Bonchev–Trinajstić information content (AvgIpc) is 3.16. The Kier molecular flexibility index (Phi) is 6.00. The number of aromatic nitrogens is 1. The van der Waals surface area contributed by atoms with Gasteiger partial charge in [-0.2, -0.15) is 0 Å². The second-order valence-electron chi connectivity index (χ2n) is 7.39. The third-order valence-corrected chi connectivity index (χ3v) is 5.26. The van der Waals surface area contributed by atoms with Gasteiger partial charge in [-0.05, 0) is 84.7 Å². The average molecular weight is 377 g/mol. The summed E-state index contributed by atoms with van der Waals surface area (Å²) in [5, 5.41) is 13.3. The second-order valence-corrected chi connectivity index (χ2v) is 7.39. The zero-order chi connectivity index (χ0) is 20.3. The van der Waals surface area contributed by atoms with Gasteiger partial charge in [-0.15, -0.1) is 0 Å². The number of nitrogens with one attached hydrogen (secondary N) is 2. The van der Waals surface area contributed by atoms with E-state index in [4.69, 9.17) is 0 Å². The predicted molar refractivity (Wildman–Crippen MR) is 116 cm³/mol. The number of fused-ring (bicyclic) bond motifs is 1. The molecule has 146 valence electrons. The molecule has 28 heavy (non-hydrogen) atoms. The molecule has 3 N–H and O–H groups in total. The Morgan fingerprint density at radius 1 is 1.18 bits per heavy atom. The van der Waals surface area contributed by atoms with Gasteiger partial charge in [0.15, 0.2) is 0 Å². The number of benzene rings is 2. The van der Waals surface area contributed by atoms with Gasteiger partial charge in [0.25, 0.3) is 0 Å². The van der Waals surface area contributed by atoms with Gasteiger partial charge in [-0.25, -0.2) is 0 Å². The molecule has 0 fully saturated rings. The van der Waals surface area contributed by atoms with E-state index in [-0.39, 0.29) is 18.6 Å². The minimum atomic E-state index is -0.204. The number of carbonyl (C=O) groups excluding carboxylic acids is 1. The third kappa shape index (κ3) is 4.18. The van der Waals surface area contributed by atoms with Gasteiger partial charge in [-0.1, -0.05) is 25.1 Å². The van der Waals surface area contributed by atoms with Crippen LogP contribution in [0.3, 0.4) is 0 Å². The van der Waals surface area contributed by atoms with Crippen molar-refractivity contribution >= 4 is 22.9 Å². The van der Waals surface area contributed by atoms with Crippen LogP contribution in [-0.2, 0) is 4.79 Å². The molecule has 0 unspecified atom stereocenters. The predicted octanol–water partition coefficient (Wildman–Crippen LogP) is 4.74. The quantitative estimate of drug-likeness (QED) is 0.544. The maximum Gasteiger partial charge on any atom is 0.247 e. The van der Waals surface area contributed by atoms with Gasteiger partial charge in [0.1, 0.15) is 0 Å². The number of aliphatic hydroxyl groups is 1. The first-order valence-corrected chi connectivity index (χ1v) is 9.71. The number of hydrogen-bond donors (Lipinski definition) is 3. The maximum atomic E-state index is 12.4. The van der Waals surface area contributed by atoms with Crippen molar-refractivity contribution in [3.05, 3.63) is 64.9 Å². The Morgan fingerprint density at radius 3 is 2.68 bits per heavy atom. The van der Waals surface area contributed by atoms with Crippen LogP contribution in [-0.4, -0.2) is 28.6 Å². The molecule has 3 rings (SSSR count). The van der Waals surface area contributed by atoms with Crippen molar-refractivity contribution in [1.82, 2.24) is 10.3 Å². The zero-order valence-electron chi connectivity index (χ0n) is 17.0. The third-order valence-electron chi connectivity index (χ3n) is 5.26. The topological polar surface area (TPSA) is 65.1 Å². The van der Waals surface area contributed by atoms with E-state index in [1.54, 1.807) is 0 Å². The molecular formula is C24H28N2O2. The first-order chi connectivity index (χ1) is 13.4. The summed E-state index contributed by atoms with van der Waals surface area (Å²) < 4.78 is 0. The molecule has 1 amide bonds. The molecule has 1 atom stereocenters. The molecule has 0 bridgehead atoms. The van der Waals surface area contributed by atoms with Crippen molar-refractivity contribution in [2.24, 2.45) is 0 Å². The van der Waals surface area contributed by atoms with Gasteiger partial charge >= 0.3 is 0 Å². The molecule has 0 aliphatic carbocycles. The highest BCUT2D eigenvalue weighted by Gasteiger charge is 2.12. The number of amides is 1. The summed E-state index contributed by atoms with van der Waals surface area (Å²) in [6, 6.07) is 12.6. The number of hydrogen-bond acceptors (Lipinski definition) is 2. The van der Waals surface area contributed by atoms with Crippen LogP contribution >= 0.6 is 0 Å². The lowest BCUT2D eigenvalue weighted by Crippen LogP contribution is -2.37. The standard InChI is InChI=1S/C24H28N2O2/c1-5-21(14-27)26-24(28)17(4)11-20-10-16(3)22(12-15(20)2)18-6-7-23-19(13-18)8-9-25-23/h6-13,21,25,27H,5,14H2,1-4H3,(H,26,28)/t21-/m1/s1. The van der Waals surface area contributed by atoms with Crippen molar-refractivity contribution < 1.29 is 9.90 Å². The van der Waals surface area contributed by atoms with Crippen molar-refractivity contribution in [2.75, 3.05) is 6.61 Å². The molecule has 4 nitrogen and oxygen atoms in total. The number of rotatable bonds is 6. The first-order valence-electron chi connectivity index (χ1n) is 9.71. The number of H-pyrrole nitrogens is 1. The Labute approximate surface area is 166 Å². The van der Waals surface area contributed by atoms with Crippen molar-refractivity contribution in [3.8, 4) is 11.1 Å². The Bertz CT molecular complexity index is 1030. The van der Waals surface area contributed by atoms with Crippen molar-refractivity contribution in [3.63, 3.8) is 0 Å². The van der Waals surface area contributed by atoms with E-state index in [0.717, 1.165) is 16.6 Å². The minimum Gasteiger partial charge on any atom is -0.394 e. The van der Waals surface area contributed by atoms with Crippen LogP contribution in [0.15, 0.2) is 48.2 Å². The van der Waals surface area contributed by atoms with E-state index in [1.807, 2.05) is 26.1 Å². The highest BCUT2D eigenvalue weighted by Crippen LogP contribution is 2.30. The molecule has 2 aromatic carbocycles. The zero-order valence-corrected chi connectivity index (χ0v) is 17.0. The highest BCUT2D eigenvalue weighted by atomic mass is 16.3. The summed E-state index contributed by atoms with van der Waals surface area (Å²) >= 11 is 0. The van der Waals surface area contributed by atoms with Gasteiger partial charge in [0.2, 0.25) is 5.91 Å². The molecule has 0 saturated heterocycles. The number of aliphatic hydroxyl groups excluding tert-OH is 1. The summed E-state index contributed by atoms with van der Waals surface area (Å²) in [5.74, 6) is -0.139. The van der Waals surface area contributed by atoms with Crippen LogP contribution in [0.2, 0.25) is 0 Å². The molecule has 1 aromatic heterocycles. The highest BCUT2D eigenvalue weighted by molar-refractivity contribution is 5.97. The molecule has 0 saturated carbocycles. The fourth-order valence-corrected chi connectivity index (χ4v) is 3.40. The summed E-state index contributed by atoms with van der Waals surface area (Å²) in [6.07, 6.45) is 4.57. The van der Waals surface area contributed by atoms with Gasteiger partial charge in [0, 0.05) is 17.3 Å². The van der Waals surface area contributed by atoms with Crippen LogP contribution in [0.1, 0.15) is 37.0 Å². The fraction of sp³-hybridized carbons (Fsp3) is 0.292. The monoisotopic (exact) mass is 376 g/mol. The number of aromatic amines is 1. The second kappa shape index (κ2) is 8.44. The molecule has 0 aliphatic rings. The summed E-state index contributed by atoms with van der Waals surface area (Å²) in [7, 11) is 0. The van der Waals surface area contributed by atoms with E-state index < -0.39 is 0 Å². The van der Waals surface area contributed by atoms with Crippen LogP contribution in [0.25, 0.3) is 28.1 Å². The Hall–Kier alpha value is -2.85. The van der Waals surface area contributed by atoms with Crippen molar-refractivity contribution in [2.45, 2.75) is 40.2 Å². The molecule has 0 aliphatic heterocycles. The van der Waals surface area contributed by atoms with Crippen molar-refractivity contribution in [1.29, 1.82) is 0 Å². The van der Waals surface area contributed by atoms with Crippen LogP contribution in [0, 0.1) is 13.8 Å². The Balaban J connectivity index is 1.90. The van der Waals surface area contributed by atoms with Gasteiger partial charge in [-0.3, -0.25) is 4.79 Å². The van der Waals surface area contributed by atoms with Gasteiger partial charge < -0.3 is 15.4 Å². The molecule has 0 spiro atoms. The van der Waals surface area contributed by atoms with E-state index in [0.29, 0.717) is 12.0 Å². The first kappa shape index (κ1) is 19.9. The SMILES string of the molecule is CC[C@H](CO)NC(=O)C(C)=Cc1cc(C)c(-c2ccc3[nH]ccc3c2)cc1C. The summed E-state index contributed by atoms with van der Waals surface area (Å²) in [6.45, 7) is 7.87. The number of carbonyl (C=O) groups is 1. The minimum absolute atomic E-state index is 0.0478. The maximum absolute atomic E-state index is 12.4. The lowest BCUT2D eigenvalue weighted by molar-refractivity contribution is -0.118. The molecule has 1 heterocycles. The fourth-order valence-electron chi connectivity index (χ4n) is 3.40. The molecule has 3 aromatic rings. The lowest BCUT2D eigenvalue weighted by Gasteiger charge is -2.15. The van der Waals surface area contributed by atoms with Gasteiger partial charge in [0.05, 0.1) is 12.6 Å². The van der Waals surface area contributed by atoms with Crippen LogP contribution in [0.4, 0.5) is 0 Å². The normalized spacial score (nSPS) is 13.0. The van der Waals surface area contributed by atoms with E-state index in [2.05, 4.69) is 60.5 Å². The Morgan fingerprint density at radius 2 is 1.96 bits per heavy atom. The van der Waals surface area contributed by atoms with E-state index >= 15 is 0 Å².